The van der Waals surface area contributed by atoms with Crippen LogP contribution < -0.4 is 11.3 Å². The van der Waals surface area contributed by atoms with Gasteiger partial charge >= 0.3 is 0 Å². The van der Waals surface area contributed by atoms with Crippen LogP contribution in [0.3, 0.4) is 0 Å². The molecule has 1 amide bonds. The van der Waals surface area contributed by atoms with Gasteiger partial charge in [0.05, 0.1) is 0 Å². The van der Waals surface area contributed by atoms with E-state index in [1.54, 1.807) is 18.3 Å². The Kier molecular flexibility index (Phi) is 4.62. The van der Waals surface area contributed by atoms with E-state index < -0.39 is 0 Å². The van der Waals surface area contributed by atoms with Crippen LogP contribution in [-0.4, -0.2) is 51.4 Å². The standard InChI is InChI=1S/C22H27N5O2/c23-18-5-6-24-19(10-18)22(29)26-11-15-9-17(14-26)20-4-3-16(21(28)27(20)12-15)13-25-7-1-2-8-25/h3-6,10,15,17H,1-2,7-9,11-14H2,(H2,23,24)/t15-,17+/m0/s1. The lowest BCUT2D eigenvalue weighted by Gasteiger charge is -2.42. The summed E-state index contributed by atoms with van der Waals surface area (Å²) in [4.78, 5) is 34.5. The molecule has 2 N–H and O–H groups in total. The molecule has 3 aliphatic rings. The van der Waals surface area contributed by atoms with E-state index in [0.29, 0.717) is 36.9 Å². The first-order valence-corrected chi connectivity index (χ1v) is 10.5. The predicted molar refractivity (Wildman–Crippen MR) is 111 cm³/mol. The molecule has 0 saturated carbocycles. The topological polar surface area (TPSA) is 84.5 Å². The second-order valence-corrected chi connectivity index (χ2v) is 8.67. The molecule has 2 bridgehead atoms. The van der Waals surface area contributed by atoms with Crippen LogP contribution in [0, 0.1) is 5.92 Å². The maximum absolute atomic E-state index is 13.1. The highest BCUT2D eigenvalue weighted by Gasteiger charge is 2.37. The van der Waals surface area contributed by atoms with Gasteiger partial charge in [0.1, 0.15) is 5.69 Å². The second kappa shape index (κ2) is 7.30. The van der Waals surface area contributed by atoms with Gasteiger partial charge < -0.3 is 15.2 Å². The van der Waals surface area contributed by atoms with E-state index in [1.165, 1.54) is 12.8 Å². The fraction of sp³-hybridized carbons (Fsp3) is 0.500. The van der Waals surface area contributed by atoms with Crippen molar-refractivity contribution in [2.75, 3.05) is 31.9 Å². The number of rotatable bonds is 3. The smallest absolute Gasteiger partial charge is 0.272 e. The molecule has 0 aliphatic carbocycles. The van der Waals surface area contributed by atoms with Gasteiger partial charge in [-0.05, 0) is 56.5 Å². The number of nitrogens with zero attached hydrogens (tertiary/aromatic N) is 4. The highest BCUT2D eigenvalue weighted by Crippen LogP contribution is 2.35. The number of hydrogen-bond acceptors (Lipinski definition) is 5. The highest BCUT2D eigenvalue weighted by atomic mass is 16.2. The third-order valence-corrected chi connectivity index (χ3v) is 6.57. The molecule has 5 rings (SSSR count). The summed E-state index contributed by atoms with van der Waals surface area (Å²) in [7, 11) is 0. The Morgan fingerprint density at radius 1 is 1.14 bits per heavy atom. The van der Waals surface area contributed by atoms with Crippen LogP contribution in [0.4, 0.5) is 5.69 Å². The molecule has 2 aromatic rings. The molecule has 7 heteroatoms. The fourth-order valence-electron chi connectivity index (χ4n) is 5.18. The van der Waals surface area contributed by atoms with Crippen LogP contribution >= 0.6 is 0 Å². The minimum absolute atomic E-state index is 0.0755. The van der Waals surface area contributed by atoms with E-state index in [1.807, 2.05) is 15.5 Å². The average Bonchev–Trinajstić information content (AvgIpc) is 3.23. The zero-order valence-electron chi connectivity index (χ0n) is 16.6. The summed E-state index contributed by atoms with van der Waals surface area (Å²) in [5, 5.41) is 0. The van der Waals surface area contributed by atoms with Crippen LogP contribution in [-0.2, 0) is 13.1 Å². The van der Waals surface area contributed by atoms with Crippen molar-refractivity contribution in [2.24, 2.45) is 5.92 Å². The number of anilines is 1. The first-order valence-electron chi connectivity index (χ1n) is 10.5. The summed E-state index contributed by atoms with van der Waals surface area (Å²) in [5.74, 6) is 0.417. The number of nitrogens with two attached hydrogens (primary N) is 1. The van der Waals surface area contributed by atoms with Crippen molar-refractivity contribution in [1.29, 1.82) is 0 Å². The minimum Gasteiger partial charge on any atom is -0.399 e. The van der Waals surface area contributed by atoms with Crippen molar-refractivity contribution >= 4 is 11.6 Å². The monoisotopic (exact) mass is 393 g/mol. The number of fused-ring (bicyclic) bond motifs is 4. The predicted octanol–water partition coefficient (Wildman–Crippen LogP) is 1.68. The normalized spacial score (nSPS) is 23.8. The molecule has 152 valence electrons. The van der Waals surface area contributed by atoms with Gasteiger partial charge in [-0.3, -0.25) is 19.5 Å². The zero-order valence-corrected chi connectivity index (χ0v) is 16.6. The Morgan fingerprint density at radius 2 is 1.97 bits per heavy atom. The number of hydrogen-bond donors (Lipinski definition) is 1. The van der Waals surface area contributed by atoms with Crippen molar-refractivity contribution in [3.8, 4) is 0 Å². The number of nitrogen functional groups attached to an aromatic ring is 1. The molecule has 0 spiro atoms. The molecule has 29 heavy (non-hydrogen) atoms. The van der Waals surface area contributed by atoms with Crippen LogP contribution in [0.15, 0.2) is 35.3 Å². The third kappa shape index (κ3) is 3.44. The van der Waals surface area contributed by atoms with E-state index in [-0.39, 0.29) is 17.4 Å². The van der Waals surface area contributed by atoms with Crippen molar-refractivity contribution < 1.29 is 4.79 Å². The first-order chi connectivity index (χ1) is 14.1. The van der Waals surface area contributed by atoms with Crippen molar-refractivity contribution in [3.05, 3.63) is 57.8 Å². The number of aromatic nitrogens is 2. The lowest BCUT2D eigenvalue weighted by Crippen LogP contribution is -2.49. The summed E-state index contributed by atoms with van der Waals surface area (Å²) in [6, 6.07) is 7.44. The van der Waals surface area contributed by atoms with E-state index >= 15 is 0 Å². The molecular formula is C22H27N5O2. The molecular weight excluding hydrogens is 366 g/mol. The maximum Gasteiger partial charge on any atom is 0.272 e. The zero-order chi connectivity index (χ0) is 20.0. The summed E-state index contributed by atoms with van der Waals surface area (Å²) in [6.45, 7) is 4.89. The lowest BCUT2D eigenvalue weighted by molar-refractivity contribution is 0.0588. The van der Waals surface area contributed by atoms with Gasteiger partial charge in [-0.1, -0.05) is 6.07 Å². The number of piperidine rings is 1. The van der Waals surface area contributed by atoms with Gasteiger partial charge in [-0.25, -0.2) is 0 Å². The van der Waals surface area contributed by atoms with Crippen molar-refractivity contribution in [3.63, 3.8) is 0 Å². The van der Waals surface area contributed by atoms with Gasteiger partial charge in [0, 0.05) is 55.2 Å². The van der Waals surface area contributed by atoms with Crippen LogP contribution in [0.1, 0.15) is 46.9 Å². The number of carbonyl (C=O) groups excluding carboxylic acids is 1. The van der Waals surface area contributed by atoms with Gasteiger partial charge in [0.2, 0.25) is 0 Å². The van der Waals surface area contributed by atoms with Gasteiger partial charge in [-0.15, -0.1) is 0 Å². The fourth-order valence-corrected chi connectivity index (χ4v) is 5.18. The molecule has 2 atom stereocenters. The molecule has 2 saturated heterocycles. The number of amides is 1. The van der Waals surface area contributed by atoms with E-state index in [9.17, 15) is 9.59 Å². The molecule has 0 aromatic carbocycles. The lowest BCUT2D eigenvalue weighted by atomic mass is 9.83. The van der Waals surface area contributed by atoms with Crippen LogP contribution in [0.5, 0.6) is 0 Å². The Morgan fingerprint density at radius 3 is 2.76 bits per heavy atom. The average molecular weight is 393 g/mol. The minimum atomic E-state index is -0.0755. The SMILES string of the molecule is Nc1ccnc(C(=O)N2C[C@@H]3C[C@H](C2)c2ccc(CN4CCCC4)c(=O)n2C3)c1. The Bertz CT molecular complexity index is 995. The van der Waals surface area contributed by atoms with Crippen LogP contribution in [0.25, 0.3) is 0 Å². The maximum atomic E-state index is 13.1. The first kappa shape index (κ1) is 18.4. The largest absolute Gasteiger partial charge is 0.399 e. The van der Waals surface area contributed by atoms with E-state index in [4.69, 9.17) is 5.73 Å². The van der Waals surface area contributed by atoms with Crippen molar-refractivity contribution in [1.82, 2.24) is 19.4 Å². The van der Waals surface area contributed by atoms with Gasteiger partial charge in [-0.2, -0.15) is 0 Å². The quantitative estimate of drug-likeness (QED) is 0.858. The summed E-state index contributed by atoms with van der Waals surface area (Å²) in [6.07, 6.45) is 5.05. The number of carbonyl (C=O) groups is 1. The van der Waals surface area contributed by atoms with Crippen molar-refractivity contribution in [2.45, 2.75) is 38.3 Å². The van der Waals surface area contributed by atoms with E-state index in [0.717, 1.165) is 37.3 Å². The Labute approximate surface area is 170 Å². The molecule has 0 radical (unpaired) electrons. The van der Waals surface area contributed by atoms with E-state index in [2.05, 4.69) is 16.0 Å². The Hall–Kier alpha value is -2.67. The summed E-state index contributed by atoms with van der Waals surface area (Å²) >= 11 is 0. The molecule has 2 fully saturated rings. The molecule has 0 unspecified atom stereocenters. The summed E-state index contributed by atoms with van der Waals surface area (Å²) < 4.78 is 1.98. The van der Waals surface area contributed by atoms with Crippen LogP contribution in [0.2, 0.25) is 0 Å². The number of pyridine rings is 2. The highest BCUT2D eigenvalue weighted by molar-refractivity contribution is 5.93. The molecule has 3 aliphatic heterocycles. The second-order valence-electron chi connectivity index (χ2n) is 8.67. The molecule has 2 aromatic heterocycles. The third-order valence-electron chi connectivity index (χ3n) is 6.57. The number of likely N-dealkylation sites (tertiary alicyclic amines) is 2. The van der Waals surface area contributed by atoms with Gasteiger partial charge in [0.15, 0.2) is 0 Å². The molecule has 5 heterocycles. The molecule has 7 nitrogen and oxygen atoms in total. The van der Waals surface area contributed by atoms with Gasteiger partial charge in [0.25, 0.3) is 11.5 Å². The summed E-state index contributed by atoms with van der Waals surface area (Å²) in [5.41, 5.74) is 8.87. The Balaban J connectivity index is 1.38.